The van der Waals surface area contributed by atoms with Crippen molar-refractivity contribution in [2.75, 3.05) is 0 Å². The molecule has 0 aliphatic rings. The van der Waals surface area contributed by atoms with Crippen molar-refractivity contribution in [1.29, 1.82) is 0 Å². The molecule has 0 bridgehead atoms. The van der Waals surface area contributed by atoms with Gasteiger partial charge < -0.3 is 15.2 Å². The molecule has 0 fully saturated rings. The molecule has 14 heavy (non-hydrogen) atoms. The largest absolute Gasteiger partial charge is 0.481 e. The van der Waals surface area contributed by atoms with E-state index in [-0.39, 0.29) is 11.8 Å². The fourth-order valence-electron chi connectivity index (χ4n) is 1.64. The van der Waals surface area contributed by atoms with E-state index in [1.807, 2.05) is 13.8 Å². The minimum Gasteiger partial charge on any atom is -0.481 e. The quantitative estimate of drug-likeness (QED) is 0.538. The Hall–Kier alpha value is -0.545. The Balaban J connectivity index is 3.81. The summed E-state index contributed by atoms with van der Waals surface area (Å²) in [5.41, 5.74) is 0. The molecule has 0 aromatic rings. The highest BCUT2D eigenvalue weighted by Gasteiger charge is 2.22. The zero-order valence-electron chi connectivity index (χ0n) is 8.81. The Kier molecular flexibility index (Phi) is 6.58. The molecule has 3 N–H and O–H groups in total. The number of carbonyl (C=O) groups is 1. The molecule has 4 nitrogen and oxygen atoms in total. The first-order valence-corrected chi connectivity index (χ1v) is 5.08. The number of carboxylic acid groups (broad SMARTS) is 1. The minimum atomic E-state index is -1.27. The molecule has 0 amide bonds. The van der Waals surface area contributed by atoms with Crippen molar-refractivity contribution < 1.29 is 19.9 Å². The lowest BCUT2D eigenvalue weighted by Gasteiger charge is -2.18. The first-order valence-electron chi connectivity index (χ1n) is 5.08. The lowest BCUT2D eigenvalue weighted by Crippen LogP contribution is -2.21. The summed E-state index contributed by atoms with van der Waals surface area (Å²) >= 11 is 0. The van der Waals surface area contributed by atoms with Gasteiger partial charge in [-0.2, -0.15) is 0 Å². The van der Waals surface area contributed by atoms with Gasteiger partial charge in [0.05, 0.1) is 5.92 Å². The standard InChI is InChI=1S/C9H19BO4/c1-3-8(9(11)12)7(2)5-4-6-10(13)14/h7-8,13-14H,3-6H2,1-2H3,(H,11,12). The van der Waals surface area contributed by atoms with Crippen molar-refractivity contribution in [3.8, 4) is 0 Å². The molecule has 2 unspecified atom stereocenters. The molecule has 0 saturated heterocycles. The van der Waals surface area contributed by atoms with Gasteiger partial charge in [-0.05, 0) is 18.7 Å². The number of hydrogen-bond donors (Lipinski definition) is 3. The van der Waals surface area contributed by atoms with Gasteiger partial charge in [0.25, 0.3) is 0 Å². The van der Waals surface area contributed by atoms with E-state index in [2.05, 4.69) is 0 Å². The number of hydrogen-bond acceptors (Lipinski definition) is 3. The summed E-state index contributed by atoms with van der Waals surface area (Å²) in [7, 11) is -1.27. The van der Waals surface area contributed by atoms with Gasteiger partial charge in [-0.25, -0.2) is 0 Å². The molecule has 0 spiro atoms. The van der Waals surface area contributed by atoms with Crippen molar-refractivity contribution in [2.45, 2.75) is 39.4 Å². The fourth-order valence-corrected chi connectivity index (χ4v) is 1.64. The number of rotatable bonds is 7. The van der Waals surface area contributed by atoms with Gasteiger partial charge >= 0.3 is 13.1 Å². The highest BCUT2D eigenvalue weighted by Crippen LogP contribution is 2.21. The maximum atomic E-state index is 10.8. The second-order valence-corrected chi connectivity index (χ2v) is 3.74. The molecular formula is C9H19BO4. The van der Waals surface area contributed by atoms with Crippen LogP contribution in [0.4, 0.5) is 0 Å². The van der Waals surface area contributed by atoms with Crippen LogP contribution in [0, 0.1) is 11.8 Å². The summed E-state index contributed by atoms with van der Waals surface area (Å²) < 4.78 is 0. The van der Waals surface area contributed by atoms with Crippen LogP contribution in [-0.2, 0) is 4.79 Å². The fraction of sp³-hybridized carbons (Fsp3) is 0.889. The molecule has 0 aliphatic carbocycles. The Labute approximate surface area is 85.1 Å². The highest BCUT2D eigenvalue weighted by atomic mass is 16.4. The number of carboxylic acids is 1. The summed E-state index contributed by atoms with van der Waals surface area (Å²) in [5, 5.41) is 26.1. The van der Waals surface area contributed by atoms with Gasteiger partial charge in [-0.3, -0.25) is 4.79 Å². The molecule has 0 aliphatic heterocycles. The number of aliphatic carboxylic acids is 1. The zero-order valence-corrected chi connectivity index (χ0v) is 8.81. The molecular weight excluding hydrogens is 183 g/mol. The SMILES string of the molecule is CCC(C(=O)O)C(C)CCCB(O)O. The summed E-state index contributed by atoms with van der Waals surface area (Å²) in [4.78, 5) is 10.8. The van der Waals surface area contributed by atoms with E-state index >= 15 is 0 Å². The molecule has 0 radical (unpaired) electrons. The summed E-state index contributed by atoms with van der Waals surface area (Å²) in [6, 6.07) is 0. The van der Waals surface area contributed by atoms with Crippen molar-refractivity contribution in [1.82, 2.24) is 0 Å². The van der Waals surface area contributed by atoms with Gasteiger partial charge in [-0.1, -0.05) is 26.7 Å². The van der Waals surface area contributed by atoms with E-state index in [0.29, 0.717) is 19.2 Å². The Morgan fingerprint density at radius 2 is 2.00 bits per heavy atom. The van der Waals surface area contributed by atoms with Gasteiger partial charge in [-0.15, -0.1) is 0 Å². The van der Waals surface area contributed by atoms with Gasteiger partial charge in [0.2, 0.25) is 0 Å². The lowest BCUT2D eigenvalue weighted by molar-refractivity contribution is -0.143. The van der Waals surface area contributed by atoms with Crippen LogP contribution in [0.1, 0.15) is 33.1 Å². The summed E-state index contributed by atoms with van der Waals surface area (Å²) in [5.74, 6) is -0.980. The van der Waals surface area contributed by atoms with Crippen molar-refractivity contribution in [2.24, 2.45) is 11.8 Å². The lowest BCUT2D eigenvalue weighted by atomic mass is 9.80. The van der Waals surface area contributed by atoms with E-state index in [9.17, 15) is 4.79 Å². The normalized spacial score (nSPS) is 14.9. The van der Waals surface area contributed by atoms with Crippen molar-refractivity contribution in [3.05, 3.63) is 0 Å². The maximum Gasteiger partial charge on any atom is 0.451 e. The third-order valence-corrected chi connectivity index (χ3v) is 2.57. The predicted octanol–water partition coefficient (Wildman–Crippen LogP) is 0.986. The first kappa shape index (κ1) is 13.5. The van der Waals surface area contributed by atoms with Crippen LogP contribution in [-0.4, -0.2) is 28.2 Å². The topological polar surface area (TPSA) is 77.8 Å². The van der Waals surface area contributed by atoms with E-state index in [1.54, 1.807) is 0 Å². The minimum absolute atomic E-state index is 0.0937. The summed E-state index contributed by atoms with van der Waals surface area (Å²) in [6.07, 6.45) is 2.32. The van der Waals surface area contributed by atoms with Crippen LogP contribution in [0.3, 0.4) is 0 Å². The van der Waals surface area contributed by atoms with Gasteiger partial charge in [0.15, 0.2) is 0 Å². The van der Waals surface area contributed by atoms with E-state index < -0.39 is 13.1 Å². The molecule has 2 atom stereocenters. The smallest absolute Gasteiger partial charge is 0.451 e. The van der Waals surface area contributed by atoms with Gasteiger partial charge in [0, 0.05) is 0 Å². The summed E-state index contributed by atoms with van der Waals surface area (Å²) in [6.45, 7) is 3.75. The van der Waals surface area contributed by atoms with E-state index in [0.717, 1.165) is 6.42 Å². The van der Waals surface area contributed by atoms with E-state index in [1.165, 1.54) is 0 Å². The van der Waals surface area contributed by atoms with Crippen LogP contribution in [0.15, 0.2) is 0 Å². The van der Waals surface area contributed by atoms with Crippen molar-refractivity contribution in [3.63, 3.8) is 0 Å². The van der Waals surface area contributed by atoms with E-state index in [4.69, 9.17) is 15.2 Å². The Morgan fingerprint density at radius 1 is 1.43 bits per heavy atom. The highest BCUT2D eigenvalue weighted by molar-refractivity contribution is 6.40. The Morgan fingerprint density at radius 3 is 2.36 bits per heavy atom. The van der Waals surface area contributed by atoms with Crippen LogP contribution >= 0.6 is 0 Å². The van der Waals surface area contributed by atoms with Crippen molar-refractivity contribution >= 4 is 13.1 Å². The monoisotopic (exact) mass is 202 g/mol. The molecule has 0 saturated carbocycles. The zero-order chi connectivity index (χ0) is 11.1. The maximum absolute atomic E-state index is 10.8. The molecule has 0 aromatic carbocycles. The third-order valence-electron chi connectivity index (χ3n) is 2.57. The third kappa shape index (κ3) is 5.24. The second-order valence-electron chi connectivity index (χ2n) is 3.74. The molecule has 0 rings (SSSR count). The predicted molar refractivity (Wildman–Crippen MR) is 54.8 cm³/mol. The van der Waals surface area contributed by atoms with Crippen LogP contribution < -0.4 is 0 Å². The molecule has 5 heteroatoms. The average Bonchev–Trinajstić information content (AvgIpc) is 2.03. The molecule has 0 heterocycles. The molecule has 0 aromatic heterocycles. The first-order chi connectivity index (χ1) is 6.49. The molecule has 82 valence electrons. The Bertz CT molecular complexity index is 172. The van der Waals surface area contributed by atoms with Crippen LogP contribution in [0.2, 0.25) is 6.32 Å². The van der Waals surface area contributed by atoms with Gasteiger partial charge in [0.1, 0.15) is 0 Å². The second kappa shape index (κ2) is 6.84. The average molecular weight is 202 g/mol. The van der Waals surface area contributed by atoms with Crippen LogP contribution in [0.5, 0.6) is 0 Å². The van der Waals surface area contributed by atoms with Crippen LogP contribution in [0.25, 0.3) is 0 Å².